The molecular formula is C29H24BrNO4. The van der Waals surface area contributed by atoms with Gasteiger partial charge in [-0.25, -0.2) is 0 Å². The van der Waals surface area contributed by atoms with Crippen molar-refractivity contribution in [2.45, 2.75) is 6.61 Å². The van der Waals surface area contributed by atoms with E-state index < -0.39 is 0 Å². The SMILES string of the molecule is COc1ccc(/C(C#N)=C/c2cc(Br)c(OCc3cccc4ccccc34)c(OC)c2)cc1OC. The normalized spacial score (nSPS) is 11.1. The van der Waals surface area contributed by atoms with Crippen LogP contribution in [0, 0.1) is 11.3 Å². The lowest BCUT2D eigenvalue weighted by molar-refractivity contribution is 0.283. The van der Waals surface area contributed by atoms with E-state index in [0.717, 1.165) is 26.5 Å². The first-order chi connectivity index (χ1) is 17.1. The molecule has 0 bridgehead atoms. The van der Waals surface area contributed by atoms with E-state index >= 15 is 0 Å². The van der Waals surface area contributed by atoms with Gasteiger partial charge in [0.25, 0.3) is 0 Å². The first-order valence-electron chi connectivity index (χ1n) is 10.9. The molecule has 35 heavy (non-hydrogen) atoms. The highest BCUT2D eigenvalue weighted by Gasteiger charge is 2.14. The molecule has 0 aromatic heterocycles. The highest BCUT2D eigenvalue weighted by molar-refractivity contribution is 9.10. The number of nitrogens with zero attached hydrogens (tertiary/aromatic N) is 1. The molecule has 0 atom stereocenters. The summed E-state index contributed by atoms with van der Waals surface area (Å²) in [7, 11) is 4.74. The number of methoxy groups -OCH3 is 3. The Morgan fingerprint density at radius 3 is 2.34 bits per heavy atom. The summed E-state index contributed by atoms with van der Waals surface area (Å²) in [6.07, 6.45) is 1.79. The molecule has 0 aliphatic heterocycles. The third-order valence-corrected chi connectivity index (χ3v) is 6.22. The number of hydrogen-bond acceptors (Lipinski definition) is 5. The molecule has 4 rings (SSSR count). The van der Waals surface area contributed by atoms with E-state index in [9.17, 15) is 5.26 Å². The second-order valence-corrected chi connectivity index (χ2v) is 8.55. The van der Waals surface area contributed by atoms with Crippen LogP contribution in [0.3, 0.4) is 0 Å². The van der Waals surface area contributed by atoms with Crippen LogP contribution in [0.4, 0.5) is 0 Å². The van der Waals surface area contributed by atoms with E-state index in [-0.39, 0.29) is 0 Å². The number of fused-ring (bicyclic) bond motifs is 1. The predicted molar refractivity (Wildman–Crippen MR) is 142 cm³/mol. The summed E-state index contributed by atoms with van der Waals surface area (Å²) < 4.78 is 23.2. The molecule has 4 aromatic carbocycles. The summed E-state index contributed by atoms with van der Waals surface area (Å²) in [4.78, 5) is 0. The Morgan fingerprint density at radius 2 is 1.60 bits per heavy atom. The number of hydrogen-bond donors (Lipinski definition) is 0. The van der Waals surface area contributed by atoms with Gasteiger partial charge in [0.15, 0.2) is 23.0 Å². The minimum Gasteiger partial charge on any atom is -0.493 e. The summed E-state index contributed by atoms with van der Waals surface area (Å²) in [5, 5.41) is 12.1. The average molecular weight is 530 g/mol. The van der Waals surface area contributed by atoms with Gasteiger partial charge in [-0.2, -0.15) is 5.26 Å². The number of benzene rings is 4. The molecule has 0 aliphatic rings. The van der Waals surface area contributed by atoms with Crippen LogP contribution >= 0.6 is 15.9 Å². The van der Waals surface area contributed by atoms with E-state index in [1.165, 1.54) is 5.39 Å². The predicted octanol–water partition coefficient (Wildman–Crippen LogP) is 7.27. The lowest BCUT2D eigenvalue weighted by atomic mass is 10.0. The Kier molecular flexibility index (Phi) is 7.59. The number of nitriles is 1. The van der Waals surface area contributed by atoms with Crippen molar-refractivity contribution >= 4 is 38.4 Å². The minimum absolute atomic E-state index is 0.389. The van der Waals surface area contributed by atoms with Crippen LogP contribution in [0.2, 0.25) is 0 Å². The Bertz CT molecular complexity index is 1430. The van der Waals surface area contributed by atoms with Gasteiger partial charge in [0.2, 0.25) is 0 Å². The first-order valence-corrected chi connectivity index (χ1v) is 11.7. The van der Waals surface area contributed by atoms with Crippen LogP contribution in [0.15, 0.2) is 77.3 Å². The maximum absolute atomic E-state index is 9.82. The summed E-state index contributed by atoms with van der Waals surface area (Å²) in [5.74, 6) is 2.32. The highest BCUT2D eigenvalue weighted by Crippen LogP contribution is 2.39. The fourth-order valence-corrected chi connectivity index (χ4v) is 4.46. The molecule has 6 heteroatoms. The largest absolute Gasteiger partial charge is 0.493 e. The Morgan fingerprint density at radius 1 is 0.857 bits per heavy atom. The van der Waals surface area contributed by atoms with Gasteiger partial charge in [0.1, 0.15) is 6.61 Å². The number of allylic oxidation sites excluding steroid dienone is 1. The molecule has 0 saturated carbocycles. The maximum Gasteiger partial charge on any atom is 0.175 e. The molecular weight excluding hydrogens is 506 g/mol. The van der Waals surface area contributed by atoms with Crippen LogP contribution in [0.5, 0.6) is 23.0 Å². The molecule has 0 saturated heterocycles. The number of halogens is 1. The van der Waals surface area contributed by atoms with Crippen molar-refractivity contribution < 1.29 is 18.9 Å². The van der Waals surface area contributed by atoms with Crippen LogP contribution in [-0.2, 0) is 6.61 Å². The standard InChI is InChI=1S/C29H24BrNO4/c1-32-26-12-11-21(16-27(26)33-2)23(17-31)13-19-14-25(30)29(28(15-19)34-3)35-18-22-9-6-8-20-7-4-5-10-24(20)22/h4-16H,18H2,1-3H3/b23-13+. The zero-order valence-electron chi connectivity index (χ0n) is 19.7. The van der Waals surface area contributed by atoms with Crippen molar-refractivity contribution in [1.29, 1.82) is 5.26 Å². The molecule has 4 aromatic rings. The molecule has 0 spiro atoms. The molecule has 0 N–H and O–H groups in total. The van der Waals surface area contributed by atoms with Crippen molar-refractivity contribution in [3.05, 3.63) is 94.0 Å². The van der Waals surface area contributed by atoms with Crippen molar-refractivity contribution in [1.82, 2.24) is 0 Å². The van der Waals surface area contributed by atoms with E-state index in [4.69, 9.17) is 18.9 Å². The van der Waals surface area contributed by atoms with Gasteiger partial charge in [-0.15, -0.1) is 0 Å². The molecule has 0 unspecified atom stereocenters. The van der Waals surface area contributed by atoms with Gasteiger partial charge in [-0.3, -0.25) is 0 Å². The quantitative estimate of drug-likeness (QED) is 0.177. The van der Waals surface area contributed by atoms with Crippen LogP contribution in [0.1, 0.15) is 16.7 Å². The monoisotopic (exact) mass is 529 g/mol. The zero-order valence-corrected chi connectivity index (χ0v) is 21.3. The van der Waals surface area contributed by atoms with Gasteiger partial charge in [0, 0.05) is 0 Å². The first kappa shape index (κ1) is 24.2. The summed E-state index contributed by atoms with van der Waals surface area (Å²) in [6.45, 7) is 0.389. The fourth-order valence-electron chi connectivity index (χ4n) is 3.88. The minimum atomic E-state index is 0.389. The molecule has 0 radical (unpaired) electrons. The Hall–Kier alpha value is -3.95. The lowest BCUT2D eigenvalue weighted by Gasteiger charge is -2.15. The molecule has 0 amide bonds. The lowest BCUT2D eigenvalue weighted by Crippen LogP contribution is -2.00. The smallest absolute Gasteiger partial charge is 0.175 e. The van der Waals surface area contributed by atoms with E-state index in [2.05, 4.69) is 46.3 Å². The van der Waals surface area contributed by atoms with E-state index in [1.807, 2.05) is 36.4 Å². The summed E-state index contributed by atoms with van der Waals surface area (Å²) in [5.41, 5.74) is 3.07. The van der Waals surface area contributed by atoms with Gasteiger partial charge in [-0.1, -0.05) is 42.5 Å². The average Bonchev–Trinajstić information content (AvgIpc) is 2.90. The second-order valence-electron chi connectivity index (χ2n) is 7.70. The van der Waals surface area contributed by atoms with E-state index in [1.54, 1.807) is 39.5 Å². The topological polar surface area (TPSA) is 60.7 Å². The molecule has 0 fully saturated rings. The van der Waals surface area contributed by atoms with Crippen LogP contribution in [-0.4, -0.2) is 21.3 Å². The number of ether oxygens (including phenoxy) is 4. The maximum atomic E-state index is 9.82. The van der Waals surface area contributed by atoms with Gasteiger partial charge in [0.05, 0.1) is 37.4 Å². The molecule has 5 nitrogen and oxygen atoms in total. The van der Waals surface area contributed by atoms with Crippen LogP contribution < -0.4 is 18.9 Å². The van der Waals surface area contributed by atoms with Crippen LogP contribution in [0.25, 0.3) is 22.4 Å². The van der Waals surface area contributed by atoms with Crippen molar-refractivity contribution in [2.75, 3.05) is 21.3 Å². The van der Waals surface area contributed by atoms with Gasteiger partial charge < -0.3 is 18.9 Å². The molecule has 176 valence electrons. The van der Waals surface area contributed by atoms with Crippen molar-refractivity contribution in [2.24, 2.45) is 0 Å². The highest BCUT2D eigenvalue weighted by atomic mass is 79.9. The van der Waals surface area contributed by atoms with E-state index in [0.29, 0.717) is 35.2 Å². The third-order valence-electron chi connectivity index (χ3n) is 5.63. The fraction of sp³-hybridized carbons (Fsp3) is 0.138. The summed E-state index contributed by atoms with van der Waals surface area (Å²) >= 11 is 3.62. The molecule has 0 heterocycles. The molecule has 0 aliphatic carbocycles. The Balaban J connectivity index is 1.64. The van der Waals surface area contributed by atoms with Gasteiger partial charge in [-0.05, 0) is 79.8 Å². The van der Waals surface area contributed by atoms with Crippen molar-refractivity contribution in [3.8, 4) is 29.1 Å². The third kappa shape index (κ3) is 5.26. The summed E-state index contributed by atoms with van der Waals surface area (Å²) in [6, 6.07) is 25.8. The van der Waals surface area contributed by atoms with Gasteiger partial charge >= 0.3 is 0 Å². The Labute approximate surface area is 213 Å². The second kappa shape index (κ2) is 11.0. The van der Waals surface area contributed by atoms with Crippen molar-refractivity contribution in [3.63, 3.8) is 0 Å². The number of rotatable bonds is 8. The zero-order chi connectivity index (χ0) is 24.8.